The van der Waals surface area contributed by atoms with Crippen molar-refractivity contribution in [2.45, 2.75) is 161 Å². The van der Waals surface area contributed by atoms with Crippen LogP contribution in [0.4, 0.5) is 0 Å². The van der Waals surface area contributed by atoms with E-state index >= 15 is 0 Å². The summed E-state index contributed by atoms with van der Waals surface area (Å²) in [5, 5.41) is 18.2. The Morgan fingerprint density at radius 3 is 1.41 bits per heavy atom. The highest BCUT2D eigenvalue weighted by molar-refractivity contribution is 6.90. The Labute approximate surface area is 247 Å². The summed E-state index contributed by atoms with van der Waals surface area (Å²) in [5.41, 5.74) is 0. The van der Waals surface area contributed by atoms with E-state index in [9.17, 15) is 0 Å². The van der Waals surface area contributed by atoms with E-state index in [0.29, 0.717) is 6.61 Å². The fourth-order valence-electron chi connectivity index (χ4n) is 5.25. The zero-order chi connectivity index (χ0) is 30.2. The predicted octanol–water partition coefficient (Wildman–Crippen LogP) is 8.21. The van der Waals surface area contributed by atoms with Gasteiger partial charge in [-0.3, -0.25) is 0 Å². The maximum Gasteiger partial charge on any atom is 0.317 e. The molecular formula is C27H66O7Si5. The molecule has 0 radical (unpaired) electrons. The van der Waals surface area contributed by atoms with E-state index in [1.807, 2.05) is 0 Å². The van der Waals surface area contributed by atoms with Crippen molar-refractivity contribution in [2.24, 2.45) is 0 Å². The fraction of sp³-hybridized carbons (Fsp3) is 1.00. The molecule has 0 amide bonds. The van der Waals surface area contributed by atoms with Gasteiger partial charge in [0.25, 0.3) is 0 Å². The van der Waals surface area contributed by atoms with Crippen LogP contribution in [0.15, 0.2) is 0 Å². The Morgan fingerprint density at radius 1 is 0.513 bits per heavy atom. The van der Waals surface area contributed by atoms with Crippen molar-refractivity contribution in [1.82, 2.24) is 0 Å². The van der Waals surface area contributed by atoms with E-state index in [1.165, 1.54) is 57.8 Å². The first-order valence-electron chi connectivity index (χ1n) is 15.5. The lowest BCUT2D eigenvalue weighted by Crippen LogP contribution is -2.60. The molecule has 0 saturated carbocycles. The first-order chi connectivity index (χ1) is 17.8. The smallest absolute Gasteiger partial charge is 0.317 e. The van der Waals surface area contributed by atoms with Gasteiger partial charge in [0.2, 0.25) is 0 Å². The second-order valence-corrected chi connectivity index (χ2v) is 33.9. The number of hydrogen-bond acceptors (Lipinski definition) is 7. The molecule has 2 N–H and O–H groups in total. The standard InChI is InChI=1S/C27H66O7Si5/c1-12-13-14-15-16-17-18-19-20-21-24-39(11,33-37(8,9)31-35(2,3)4)34-38(10,32-36(5,6)7)25-22-23-30-26-27(28)29/h27-29H,12-26H2,1-11H3. The molecule has 12 heteroatoms. The van der Waals surface area contributed by atoms with E-state index in [-0.39, 0.29) is 6.61 Å². The van der Waals surface area contributed by atoms with Crippen molar-refractivity contribution in [3.8, 4) is 0 Å². The predicted molar refractivity (Wildman–Crippen MR) is 177 cm³/mol. The third kappa shape index (κ3) is 24.0. The normalized spacial score (nSPS) is 16.5. The molecular weight excluding hydrogens is 577 g/mol. The fourth-order valence-corrected chi connectivity index (χ4v) is 29.1. The molecule has 0 aromatic heterocycles. The Hall–Kier alpha value is 0.804. The highest BCUT2D eigenvalue weighted by atomic mass is 28.5. The van der Waals surface area contributed by atoms with Gasteiger partial charge >= 0.3 is 25.7 Å². The lowest BCUT2D eigenvalue weighted by Gasteiger charge is -2.44. The van der Waals surface area contributed by atoms with Crippen molar-refractivity contribution in [3.63, 3.8) is 0 Å². The molecule has 0 aliphatic heterocycles. The summed E-state index contributed by atoms with van der Waals surface area (Å²) in [7, 11) is -11.2. The van der Waals surface area contributed by atoms with Crippen LogP contribution in [-0.2, 0) is 21.2 Å². The lowest BCUT2D eigenvalue weighted by atomic mass is 10.1. The molecule has 0 saturated heterocycles. The molecule has 236 valence electrons. The van der Waals surface area contributed by atoms with Gasteiger partial charge in [0, 0.05) is 6.61 Å². The molecule has 0 spiro atoms. The van der Waals surface area contributed by atoms with Gasteiger partial charge in [-0.1, -0.05) is 71.1 Å². The summed E-state index contributed by atoms with van der Waals surface area (Å²) in [6.45, 7) is 24.7. The SMILES string of the molecule is CCCCCCCCCCCC[Si](C)(O[Si](C)(C)O[Si](C)(C)C)O[Si](C)(CCCOCC(O)O)O[Si](C)(C)C. The van der Waals surface area contributed by atoms with Gasteiger partial charge < -0.3 is 31.4 Å². The molecule has 0 fully saturated rings. The Bertz CT molecular complexity index is 629. The second-order valence-electron chi connectivity index (χ2n) is 13.9. The van der Waals surface area contributed by atoms with Crippen LogP contribution in [0.25, 0.3) is 0 Å². The third-order valence-electron chi connectivity index (χ3n) is 6.14. The van der Waals surface area contributed by atoms with E-state index < -0.39 is 48.6 Å². The highest BCUT2D eigenvalue weighted by Gasteiger charge is 2.48. The molecule has 2 atom stereocenters. The van der Waals surface area contributed by atoms with Gasteiger partial charge in [-0.05, 0) is 84.0 Å². The first-order valence-corrected chi connectivity index (χ1v) is 30.2. The van der Waals surface area contributed by atoms with Gasteiger partial charge in [-0.15, -0.1) is 0 Å². The van der Waals surface area contributed by atoms with Crippen LogP contribution >= 0.6 is 0 Å². The number of ether oxygens (including phenoxy) is 1. The van der Waals surface area contributed by atoms with Crippen LogP contribution in [-0.4, -0.2) is 72.0 Å². The minimum atomic E-state index is -2.60. The molecule has 7 nitrogen and oxygen atoms in total. The summed E-state index contributed by atoms with van der Waals surface area (Å²) in [6, 6.07) is 1.75. The largest absolute Gasteiger partial charge is 0.437 e. The summed E-state index contributed by atoms with van der Waals surface area (Å²) in [5.74, 6) is 0. The molecule has 0 heterocycles. The topological polar surface area (TPSA) is 86.6 Å². The third-order valence-corrected chi connectivity index (χ3v) is 24.4. The zero-order valence-electron chi connectivity index (χ0n) is 27.6. The van der Waals surface area contributed by atoms with Crippen LogP contribution < -0.4 is 0 Å². The minimum absolute atomic E-state index is 0.0733. The summed E-state index contributed by atoms with van der Waals surface area (Å²) < 4.78 is 33.0. The molecule has 2 unspecified atom stereocenters. The summed E-state index contributed by atoms with van der Waals surface area (Å²) in [6.07, 6.45) is 12.4. The maximum atomic E-state index is 9.08. The molecule has 0 aliphatic carbocycles. The highest BCUT2D eigenvalue weighted by Crippen LogP contribution is 2.32. The van der Waals surface area contributed by atoms with Gasteiger partial charge in [-0.25, -0.2) is 0 Å². The van der Waals surface area contributed by atoms with Gasteiger partial charge in [0.05, 0.1) is 6.61 Å². The number of rotatable bonds is 25. The van der Waals surface area contributed by atoms with E-state index in [4.69, 9.17) is 31.4 Å². The first kappa shape index (κ1) is 39.8. The number of aliphatic hydroxyl groups is 2. The number of aliphatic hydroxyl groups excluding tert-OH is 1. The van der Waals surface area contributed by atoms with Crippen LogP contribution in [0.5, 0.6) is 0 Å². The average molecular weight is 643 g/mol. The van der Waals surface area contributed by atoms with Gasteiger partial charge in [0.15, 0.2) is 22.9 Å². The maximum absolute atomic E-state index is 9.08. The van der Waals surface area contributed by atoms with Crippen LogP contribution in [0, 0.1) is 0 Å². The van der Waals surface area contributed by atoms with E-state index in [1.54, 1.807) is 0 Å². The van der Waals surface area contributed by atoms with Crippen molar-refractivity contribution >= 4 is 42.3 Å². The lowest BCUT2D eigenvalue weighted by molar-refractivity contribution is -0.0945. The zero-order valence-corrected chi connectivity index (χ0v) is 32.6. The van der Waals surface area contributed by atoms with Crippen LogP contribution in [0.3, 0.4) is 0 Å². The second kappa shape index (κ2) is 19.2. The molecule has 0 rings (SSSR count). The van der Waals surface area contributed by atoms with Crippen LogP contribution in [0.1, 0.15) is 77.6 Å². The number of unbranched alkanes of at least 4 members (excludes halogenated alkanes) is 9. The van der Waals surface area contributed by atoms with Crippen molar-refractivity contribution in [3.05, 3.63) is 0 Å². The quantitative estimate of drug-likeness (QED) is 0.0590. The Morgan fingerprint density at radius 2 is 0.949 bits per heavy atom. The molecule has 0 aromatic rings. The summed E-state index contributed by atoms with van der Waals surface area (Å²) in [4.78, 5) is 0. The average Bonchev–Trinajstić information content (AvgIpc) is 2.70. The van der Waals surface area contributed by atoms with Gasteiger partial charge in [0.1, 0.15) is 0 Å². The van der Waals surface area contributed by atoms with Crippen molar-refractivity contribution < 1.29 is 31.4 Å². The van der Waals surface area contributed by atoms with Crippen molar-refractivity contribution in [1.29, 1.82) is 0 Å². The molecule has 0 bridgehead atoms. The molecule has 0 aliphatic rings. The van der Waals surface area contributed by atoms with Crippen LogP contribution in [0.2, 0.25) is 77.6 Å². The minimum Gasteiger partial charge on any atom is -0.437 e. The van der Waals surface area contributed by atoms with Crippen molar-refractivity contribution in [2.75, 3.05) is 13.2 Å². The summed E-state index contributed by atoms with van der Waals surface area (Å²) >= 11 is 0. The van der Waals surface area contributed by atoms with E-state index in [2.05, 4.69) is 72.4 Å². The Kier molecular flexibility index (Phi) is 19.6. The Balaban J connectivity index is 5.36. The van der Waals surface area contributed by atoms with Gasteiger partial charge in [-0.2, -0.15) is 0 Å². The molecule has 0 aromatic carbocycles. The molecule has 39 heavy (non-hydrogen) atoms. The monoisotopic (exact) mass is 642 g/mol. The van der Waals surface area contributed by atoms with E-state index in [0.717, 1.165) is 24.9 Å². The number of hydrogen-bond donors (Lipinski definition) is 2.